The van der Waals surface area contributed by atoms with Crippen LogP contribution >= 0.6 is 0 Å². The predicted octanol–water partition coefficient (Wildman–Crippen LogP) is 4.15. The number of benzene rings is 2. The van der Waals surface area contributed by atoms with Crippen molar-refractivity contribution in [2.45, 2.75) is 52.5 Å². The number of tetrazole rings is 1. The fourth-order valence-corrected chi connectivity index (χ4v) is 4.88. The molecule has 10 heteroatoms. The minimum absolute atomic E-state index is 0.0416. The second-order valence-corrected chi connectivity index (χ2v) is 10.5. The van der Waals surface area contributed by atoms with E-state index in [9.17, 15) is 9.59 Å². The molecule has 0 aliphatic carbocycles. The number of piperidine rings is 1. The van der Waals surface area contributed by atoms with Crippen molar-refractivity contribution in [1.82, 2.24) is 35.3 Å². The van der Waals surface area contributed by atoms with Gasteiger partial charge in [-0.15, -0.1) is 5.10 Å². The summed E-state index contributed by atoms with van der Waals surface area (Å²) in [7, 11) is 3.87. The molecule has 0 radical (unpaired) electrons. The molecule has 1 fully saturated rings. The van der Waals surface area contributed by atoms with E-state index in [1.807, 2.05) is 4.90 Å². The molecule has 3 aromatic rings. The predicted molar refractivity (Wildman–Crippen MR) is 152 cm³/mol. The van der Waals surface area contributed by atoms with Gasteiger partial charge in [0.2, 0.25) is 0 Å². The first-order valence-electron chi connectivity index (χ1n) is 13.8. The maximum Gasteiger partial charge on any atom is 0.319 e. The number of likely N-dealkylation sites (tertiary alicyclic amines) is 1. The molecular formula is C29H40N8O2. The highest BCUT2D eigenvalue weighted by Crippen LogP contribution is 2.24. The lowest BCUT2D eigenvalue weighted by molar-refractivity contribution is 0.0724. The Morgan fingerprint density at radius 3 is 2.51 bits per heavy atom. The molecule has 1 aliphatic rings. The van der Waals surface area contributed by atoms with Crippen molar-refractivity contribution in [2.75, 3.05) is 38.5 Å². The van der Waals surface area contributed by atoms with Gasteiger partial charge >= 0.3 is 6.03 Å². The summed E-state index contributed by atoms with van der Waals surface area (Å²) < 4.78 is 1.55. The Morgan fingerprint density at radius 1 is 1.00 bits per heavy atom. The van der Waals surface area contributed by atoms with Crippen molar-refractivity contribution in [3.8, 4) is 11.4 Å². The van der Waals surface area contributed by atoms with Gasteiger partial charge in [-0.2, -0.15) is 0 Å². The van der Waals surface area contributed by atoms with E-state index >= 15 is 0 Å². The van der Waals surface area contributed by atoms with Crippen molar-refractivity contribution in [3.63, 3.8) is 0 Å². The Balaban J connectivity index is 1.30. The zero-order valence-corrected chi connectivity index (χ0v) is 23.5. The third-order valence-corrected chi connectivity index (χ3v) is 7.24. The topological polar surface area (TPSA) is 108 Å². The van der Waals surface area contributed by atoms with Crippen LogP contribution in [0.25, 0.3) is 11.4 Å². The van der Waals surface area contributed by atoms with Crippen LogP contribution in [0.4, 0.5) is 10.5 Å². The van der Waals surface area contributed by atoms with Crippen LogP contribution in [0, 0.1) is 13.8 Å². The van der Waals surface area contributed by atoms with Gasteiger partial charge in [-0.25, -0.2) is 9.48 Å². The van der Waals surface area contributed by atoms with Crippen LogP contribution in [-0.2, 0) is 13.6 Å². The number of hydrogen-bond acceptors (Lipinski definition) is 6. The summed E-state index contributed by atoms with van der Waals surface area (Å²) >= 11 is 0. The molecule has 2 N–H and O–H groups in total. The van der Waals surface area contributed by atoms with Crippen molar-refractivity contribution in [3.05, 3.63) is 58.7 Å². The molecule has 0 bridgehead atoms. The van der Waals surface area contributed by atoms with Gasteiger partial charge in [-0.1, -0.05) is 18.2 Å². The molecule has 208 valence electrons. The van der Waals surface area contributed by atoms with Gasteiger partial charge in [0.15, 0.2) is 5.82 Å². The summed E-state index contributed by atoms with van der Waals surface area (Å²) in [5.74, 6) is 0.483. The van der Waals surface area contributed by atoms with Crippen LogP contribution < -0.4 is 10.6 Å². The van der Waals surface area contributed by atoms with Crippen molar-refractivity contribution < 1.29 is 9.59 Å². The van der Waals surface area contributed by atoms with E-state index in [4.69, 9.17) is 0 Å². The smallest absolute Gasteiger partial charge is 0.319 e. The summed E-state index contributed by atoms with van der Waals surface area (Å²) in [4.78, 5) is 30.1. The number of nitrogens with zero attached hydrogens (tertiary/aromatic N) is 6. The molecule has 39 heavy (non-hydrogen) atoms. The number of anilines is 1. The zero-order valence-electron chi connectivity index (χ0n) is 23.5. The highest BCUT2D eigenvalue weighted by Gasteiger charge is 2.21. The van der Waals surface area contributed by atoms with E-state index in [1.54, 1.807) is 29.9 Å². The lowest BCUT2D eigenvalue weighted by Crippen LogP contribution is -2.35. The molecule has 0 spiro atoms. The van der Waals surface area contributed by atoms with Crippen molar-refractivity contribution in [1.29, 1.82) is 0 Å². The number of carbonyl (C=O) groups excluding carboxylic acids is 2. The molecule has 1 aliphatic heterocycles. The normalized spacial score (nSPS) is 13.5. The molecule has 0 atom stereocenters. The fraction of sp³-hybridized carbons (Fsp3) is 0.483. The average molecular weight is 533 g/mol. The lowest BCUT2D eigenvalue weighted by Gasteiger charge is -2.27. The van der Waals surface area contributed by atoms with Gasteiger partial charge in [-0.3, -0.25) is 4.79 Å². The summed E-state index contributed by atoms with van der Waals surface area (Å²) in [6, 6.07) is 11.6. The zero-order chi connectivity index (χ0) is 27.8. The molecule has 3 amide bonds. The average Bonchev–Trinajstić information content (AvgIpc) is 3.36. The van der Waals surface area contributed by atoms with E-state index in [-0.39, 0.29) is 11.9 Å². The van der Waals surface area contributed by atoms with Crippen LogP contribution in [0.5, 0.6) is 0 Å². The van der Waals surface area contributed by atoms with E-state index in [0.29, 0.717) is 29.2 Å². The van der Waals surface area contributed by atoms with Crippen LogP contribution in [0.2, 0.25) is 0 Å². The third-order valence-electron chi connectivity index (χ3n) is 7.24. The quantitative estimate of drug-likeness (QED) is 0.380. The van der Waals surface area contributed by atoms with Gasteiger partial charge < -0.3 is 20.4 Å². The van der Waals surface area contributed by atoms with Crippen LogP contribution in [0.15, 0.2) is 36.4 Å². The van der Waals surface area contributed by atoms with Gasteiger partial charge in [0.25, 0.3) is 5.91 Å². The summed E-state index contributed by atoms with van der Waals surface area (Å²) in [6.45, 7) is 8.19. The molecule has 4 rings (SSSR count). The Labute approximate surface area is 230 Å². The molecule has 0 saturated carbocycles. The monoisotopic (exact) mass is 532 g/mol. The molecule has 1 aromatic heterocycles. The Bertz CT molecular complexity index is 1280. The SMILES string of the molecule is Cc1ccc(CN(C)CCCCNC(=O)Nc2cc(C(=O)N3CCCCC3)cc(-c3nnnn3C)c2)cc1C. The molecule has 10 nitrogen and oxygen atoms in total. The number of nitrogens with one attached hydrogen (secondary N) is 2. The van der Waals surface area contributed by atoms with Crippen molar-refractivity contribution in [2.24, 2.45) is 7.05 Å². The summed E-state index contributed by atoms with van der Waals surface area (Å²) in [5.41, 5.74) is 5.66. The Kier molecular flexibility index (Phi) is 9.64. The minimum atomic E-state index is -0.303. The highest BCUT2D eigenvalue weighted by molar-refractivity contribution is 5.98. The summed E-state index contributed by atoms with van der Waals surface area (Å²) in [5, 5.41) is 17.5. The number of aryl methyl sites for hydroxylation is 3. The van der Waals surface area contributed by atoms with Gasteiger partial charge in [0.05, 0.1) is 0 Å². The summed E-state index contributed by atoms with van der Waals surface area (Å²) in [6.07, 6.45) is 5.00. The molecule has 1 saturated heterocycles. The Hall–Kier alpha value is -3.79. The maximum atomic E-state index is 13.2. The number of amides is 3. The van der Waals surface area contributed by atoms with Gasteiger partial charge in [0, 0.05) is 50.0 Å². The number of carbonyl (C=O) groups is 2. The number of rotatable bonds is 10. The van der Waals surface area contributed by atoms with Crippen LogP contribution in [0.3, 0.4) is 0 Å². The van der Waals surface area contributed by atoms with Gasteiger partial charge in [0.1, 0.15) is 0 Å². The first kappa shape index (κ1) is 28.2. The fourth-order valence-electron chi connectivity index (χ4n) is 4.88. The first-order chi connectivity index (χ1) is 18.8. The number of aromatic nitrogens is 4. The molecular weight excluding hydrogens is 492 g/mol. The Morgan fingerprint density at radius 2 is 1.79 bits per heavy atom. The standard InChI is InChI=1S/C29H40N8O2/c1-21-10-11-23(16-22(21)2)20-35(3)13-9-6-12-30-29(39)31-26-18-24(27-32-33-34-36(27)4)17-25(19-26)28(38)37-14-7-5-8-15-37/h10-11,16-19H,5-9,12-15,20H2,1-4H3,(H2,30,31,39). The van der Waals surface area contributed by atoms with E-state index in [2.05, 4.69) is 70.2 Å². The molecule has 2 heterocycles. The first-order valence-corrected chi connectivity index (χ1v) is 13.8. The maximum absolute atomic E-state index is 13.2. The number of urea groups is 1. The van der Waals surface area contributed by atoms with Crippen LogP contribution in [-0.4, -0.2) is 75.2 Å². The van der Waals surface area contributed by atoms with Crippen molar-refractivity contribution >= 4 is 17.6 Å². The minimum Gasteiger partial charge on any atom is -0.339 e. The number of unbranched alkanes of at least 4 members (excludes halogenated alkanes) is 1. The highest BCUT2D eigenvalue weighted by atomic mass is 16.2. The molecule has 0 unspecified atom stereocenters. The van der Waals surface area contributed by atoms with Gasteiger partial charge in [-0.05, 0) is 105 Å². The van der Waals surface area contributed by atoms with E-state index < -0.39 is 0 Å². The molecule has 2 aromatic carbocycles. The largest absolute Gasteiger partial charge is 0.339 e. The van der Waals surface area contributed by atoms with E-state index in [0.717, 1.165) is 58.3 Å². The van der Waals surface area contributed by atoms with E-state index in [1.165, 1.54) is 16.7 Å². The lowest BCUT2D eigenvalue weighted by atomic mass is 10.1. The second-order valence-electron chi connectivity index (χ2n) is 10.5. The van der Waals surface area contributed by atoms with Crippen LogP contribution in [0.1, 0.15) is 59.2 Å². The third kappa shape index (κ3) is 7.86. The second kappa shape index (κ2) is 13.3. The number of hydrogen-bond donors (Lipinski definition) is 2.